The predicted octanol–water partition coefficient (Wildman–Crippen LogP) is 4.79. The fraction of sp³-hybridized carbons (Fsp3) is 0.100. The van der Waals surface area contributed by atoms with E-state index in [1.807, 2.05) is 18.2 Å². The zero-order valence-corrected chi connectivity index (χ0v) is 15.5. The Kier molecular flexibility index (Phi) is 5.85. The van der Waals surface area contributed by atoms with Gasteiger partial charge >= 0.3 is 0 Å². The van der Waals surface area contributed by atoms with E-state index in [1.54, 1.807) is 36.4 Å². The van der Waals surface area contributed by atoms with Gasteiger partial charge in [0, 0.05) is 17.7 Å². The van der Waals surface area contributed by atoms with E-state index in [0.29, 0.717) is 27.1 Å². The lowest BCUT2D eigenvalue weighted by Gasteiger charge is -2.11. The minimum absolute atomic E-state index is 0.106. The van der Waals surface area contributed by atoms with Crippen LogP contribution in [-0.4, -0.2) is 21.7 Å². The lowest BCUT2D eigenvalue weighted by atomic mass is 10.1. The first-order chi connectivity index (χ1) is 12.6. The molecule has 1 fully saturated rings. The summed E-state index contributed by atoms with van der Waals surface area (Å²) in [5, 5.41) is 0. The molecule has 0 atom stereocenters. The molecule has 6 heteroatoms. The molecule has 0 aromatic heterocycles. The summed E-state index contributed by atoms with van der Waals surface area (Å²) in [7, 11) is 0. The first kappa shape index (κ1) is 18.4. The maximum atomic E-state index is 13.8. The number of rotatable bonds is 6. The van der Waals surface area contributed by atoms with Crippen molar-refractivity contribution >= 4 is 40.3 Å². The molecule has 0 radical (unpaired) electrons. The van der Waals surface area contributed by atoms with Crippen LogP contribution in [0.15, 0.2) is 66.1 Å². The van der Waals surface area contributed by atoms with Crippen LogP contribution in [0.2, 0.25) is 0 Å². The molecule has 0 unspecified atom stereocenters. The van der Waals surface area contributed by atoms with Crippen molar-refractivity contribution < 1.29 is 13.9 Å². The van der Waals surface area contributed by atoms with E-state index in [9.17, 15) is 9.18 Å². The molecule has 2 aromatic carbocycles. The SMILES string of the molecule is C=CCN1C(=O)/C(=C\c2ccccc2OCc2ccccc2F)SC1=S. The van der Waals surface area contributed by atoms with Gasteiger partial charge in [0.1, 0.15) is 22.5 Å². The van der Waals surface area contributed by atoms with Gasteiger partial charge in [-0.05, 0) is 18.2 Å². The highest BCUT2D eigenvalue weighted by atomic mass is 32.2. The van der Waals surface area contributed by atoms with Gasteiger partial charge in [-0.15, -0.1) is 6.58 Å². The molecule has 3 rings (SSSR count). The second-order valence-electron chi connectivity index (χ2n) is 5.50. The summed E-state index contributed by atoms with van der Waals surface area (Å²) in [5.41, 5.74) is 1.21. The monoisotopic (exact) mass is 385 g/mol. The van der Waals surface area contributed by atoms with Crippen molar-refractivity contribution in [2.24, 2.45) is 0 Å². The highest BCUT2D eigenvalue weighted by Crippen LogP contribution is 2.34. The first-order valence-electron chi connectivity index (χ1n) is 7.91. The van der Waals surface area contributed by atoms with Crippen molar-refractivity contribution in [2.45, 2.75) is 6.61 Å². The predicted molar refractivity (Wildman–Crippen MR) is 107 cm³/mol. The van der Waals surface area contributed by atoms with Gasteiger partial charge in [0.05, 0.1) is 4.91 Å². The summed E-state index contributed by atoms with van der Waals surface area (Å²) in [6.45, 7) is 4.13. The number of halogens is 1. The standard InChI is InChI=1S/C20H16FNO2S2/c1-2-11-22-19(23)18(26-20(22)25)12-14-7-4-6-10-17(14)24-13-15-8-3-5-9-16(15)21/h2-10,12H,1,11,13H2/b18-12+. The third-order valence-corrected chi connectivity index (χ3v) is 5.11. The number of carbonyl (C=O) groups excluding carboxylic acids is 1. The summed E-state index contributed by atoms with van der Waals surface area (Å²) in [4.78, 5) is 14.5. The number of nitrogens with zero attached hydrogens (tertiary/aromatic N) is 1. The van der Waals surface area contributed by atoms with Crippen molar-refractivity contribution in [1.29, 1.82) is 0 Å². The summed E-state index contributed by atoms with van der Waals surface area (Å²) in [5.74, 6) is 0.115. The number of benzene rings is 2. The molecule has 3 nitrogen and oxygen atoms in total. The highest BCUT2D eigenvalue weighted by Gasteiger charge is 2.31. The summed E-state index contributed by atoms with van der Waals surface area (Å²) >= 11 is 6.49. The first-order valence-corrected chi connectivity index (χ1v) is 9.14. The van der Waals surface area contributed by atoms with Crippen LogP contribution in [0.1, 0.15) is 11.1 Å². The molecule has 2 aromatic rings. The van der Waals surface area contributed by atoms with Gasteiger partial charge in [-0.25, -0.2) is 4.39 Å². The van der Waals surface area contributed by atoms with Crippen LogP contribution in [0.3, 0.4) is 0 Å². The van der Waals surface area contributed by atoms with Gasteiger partial charge in [0.2, 0.25) is 0 Å². The number of amides is 1. The Bertz CT molecular complexity index is 895. The summed E-state index contributed by atoms with van der Waals surface area (Å²) in [6, 6.07) is 13.8. The van der Waals surface area contributed by atoms with Crippen LogP contribution in [0.5, 0.6) is 5.75 Å². The average Bonchev–Trinajstić information content (AvgIpc) is 2.90. The molecule has 1 aliphatic heterocycles. The van der Waals surface area contributed by atoms with Crippen LogP contribution in [0, 0.1) is 5.82 Å². The summed E-state index contributed by atoms with van der Waals surface area (Å²) in [6.07, 6.45) is 3.39. The van der Waals surface area contributed by atoms with Gasteiger partial charge in [-0.2, -0.15) is 0 Å². The van der Waals surface area contributed by atoms with Crippen molar-refractivity contribution in [3.05, 3.63) is 83.0 Å². The Morgan fingerprint density at radius 3 is 2.69 bits per heavy atom. The van der Waals surface area contributed by atoms with Gasteiger partial charge in [0.25, 0.3) is 5.91 Å². The van der Waals surface area contributed by atoms with E-state index in [1.165, 1.54) is 22.7 Å². The molecule has 0 saturated carbocycles. The van der Waals surface area contributed by atoms with Gasteiger partial charge in [0.15, 0.2) is 0 Å². The molecule has 132 valence electrons. The number of thiocarbonyl (C=S) groups is 1. The lowest BCUT2D eigenvalue weighted by Crippen LogP contribution is -2.27. The number of ether oxygens (including phenoxy) is 1. The maximum absolute atomic E-state index is 13.8. The number of carbonyl (C=O) groups is 1. The van der Waals surface area contributed by atoms with E-state index < -0.39 is 0 Å². The van der Waals surface area contributed by atoms with Crippen molar-refractivity contribution in [2.75, 3.05) is 6.54 Å². The Balaban J connectivity index is 1.81. The minimum Gasteiger partial charge on any atom is -0.488 e. The number of thioether (sulfide) groups is 1. The Morgan fingerprint density at radius 2 is 1.92 bits per heavy atom. The highest BCUT2D eigenvalue weighted by molar-refractivity contribution is 8.26. The lowest BCUT2D eigenvalue weighted by molar-refractivity contribution is -0.121. The number of hydrogen-bond donors (Lipinski definition) is 0. The van der Waals surface area contributed by atoms with Crippen molar-refractivity contribution in [3.63, 3.8) is 0 Å². The quantitative estimate of drug-likeness (QED) is 0.406. The van der Waals surface area contributed by atoms with Gasteiger partial charge in [-0.1, -0.05) is 66.5 Å². The smallest absolute Gasteiger partial charge is 0.266 e. The van der Waals surface area contributed by atoms with Crippen LogP contribution >= 0.6 is 24.0 Å². The van der Waals surface area contributed by atoms with Crippen LogP contribution in [0.4, 0.5) is 4.39 Å². The molecule has 26 heavy (non-hydrogen) atoms. The Hall–Kier alpha value is -2.44. The zero-order valence-electron chi connectivity index (χ0n) is 13.9. The van der Waals surface area contributed by atoms with E-state index in [2.05, 4.69) is 6.58 Å². The van der Waals surface area contributed by atoms with E-state index in [4.69, 9.17) is 17.0 Å². The number of hydrogen-bond acceptors (Lipinski definition) is 4. The molecule has 0 N–H and O–H groups in total. The van der Waals surface area contributed by atoms with Crippen molar-refractivity contribution in [1.82, 2.24) is 4.90 Å². The molecular weight excluding hydrogens is 369 g/mol. The molecule has 0 bridgehead atoms. The molecule has 1 aliphatic rings. The van der Waals surface area contributed by atoms with E-state index >= 15 is 0 Å². The fourth-order valence-corrected chi connectivity index (χ4v) is 3.70. The fourth-order valence-electron chi connectivity index (χ4n) is 2.43. The molecule has 1 amide bonds. The Morgan fingerprint density at radius 1 is 1.19 bits per heavy atom. The van der Waals surface area contributed by atoms with Gasteiger partial charge in [-0.3, -0.25) is 9.69 Å². The second-order valence-corrected chi connectivity index (χ2v) is 7.17. The summed E-state index contributed by atoms with van der Waals surface area (Å²) < 4.78 is 20.1. The third kappa shape index (κ3) is 4.03. The minimum atomic E-state index is -0.310. The maximum Gasteiger partial charge on any atom is 0.266 e. The average molecular weight is 385 g/mol. The van der Waals surface area contributed by atoms with Crippen LogP contribution < -0.4 is 4.74 Å². The van der Waals surface area contributed by atoms with E-state index in [-0.39, 0.29) is 18.3 Å². The second kappa shape index (κ2) is 8.29. The number of para-hydroxylation sites is 1. The van der Waals surface area contributed by atoms with E-state index in [0.717, 1.165) is 5.56 Å². The topological polar surface area (TPSA) is 29.5 Å². The Labute approximate surface area is 161 Å². The third-order valence-electron chi connectivity index (χ3n) is 3.73. The molecule has 1 heterocycles. The van der Waals surface area contributed by atoms with Crippen LogP contribution in [-0.2, 0) is 11.4 Å². The molecule has 1 saturated heterocycles. The van der Waals surface area contributed by atoms with Crippen LogP contribution in [0.25, 0.3) is 6.08 Å². The van der Waals surface area contributed by atoms with Gasteiger partial charge < -0.3 is 4.74 Å². The normalized spacial score (nSPS) is 15.6. The molecule has 0 aliphatic carbocycles. The molecule has 0 spiro atoms. The molecular formula is C20H16FNO2S2. The largest absolute Gasteiger partial charge is 0.488 e. The zero-order chi connectivity index (χ0) is 18.5. The van der Waals surface area contributed by atoms with Crippen molar-refractivity contribution in [3.8, 4) is 5.75 Å².